The maximum Gasteiger partial charge on any atom is 0.169 e. The summed E-state index contributed by atoms with van der Waals surface area (Å²) in [5.41, 5.74) is 5.93. The molecular weight excluding hydrogens is 340 g/mol. The van der Waals surface area contributed by atoms with Crippen LogP contribution in [0.1, 0.15) is 35.2 Å². The Bertz CT molecular complexity index is 1050. The van der Waals surface area contributed by atoms with Gasteiger partial charge in [-0.2, -0.15) is 0 Å². The molecule has 3 aromatic rings. The number of benzene rings is 2. The Morgan fingerprint density at radius 1 is 1.15 bits per heavy atom. The third-order valence-electron chi connectivity index (χ3n) is 5.89. The summed E-state index contributed by atoms with van der Waals surface area (Å²) in [5.74, 6) is -0.0201. The third kappa shape index (κ3) is 2.12. The van der Waals surface area contributed by atoms with Gasteiger partial charge < -0.3 is 9.88 Å². The normalized spacial score (nSPS) is 22.0. The number of H-pyrrole nitrogens is 1. The zero-order chi connectivity index (χ0) is 17.8. The number of aromatic amines is 1. The minimum atomic E-state index is -0.276. The minimum Gasteiger partial charge on any atom is -0.357 e. The summed E-state index contributed by atoms with van der Waals surface area (Å²) in [7, 11) is 0. The van der Waals surface area contributed by atoms with Crippen LogP contribution in [0.5, 0.6) is 0 Å². The van der Waals surface area contributed by atoms with Crippen LogP contribution in [0.4, 0.5) is 0 Å². The zero-order valence-corrected chi connectivity index (χ0v) is 15.5. The van der Waals surface area contributed by atoms with Gasteiger partial charge in [0.2, 0.25) is 0 Å². The quantitative estimate of drug-likeness (QED) is 0.698. The van der Waals surface area contributed by atoms with Crippen LogP contribution in [0.25, 0.3) is 10.9 Å². The lowest BCUT2D eigenvalue weighted by molar-refractivity contribution is -0.121. The highest BCUT2D eigenvalue weighted by molar-refractivity contribution is 7.80. The van der Waals surface area contributed by atoms with Crippen molar-refractivity contribution in [2.45, 2.75) is 38.3 Å². The molecule has 3 heterocycles. The molecule has 5 rings (SSSR count). The van der Waals surface area contributed by atoms with Crippen molar-refractivity contribution in [3.05, 3.63) is 70.9 Å². The molecule has 0 amide bonds. The highest BCUT2D eigenvalue weighted by Gasteiger charge is 2.48. The van der Waals surface area contributed by atoms with Crippen LogP contribution in [0.3, 0.4) is 0 Å². The Balaban J connectivity index is 1.57. The Morgan fingerprint density at radius 2 is 1.92 bits per heavy atom. The number of hydrogen-bond acceptors (Lipinski definition) is 2. The molecule has 1 saturated heterocycles. The number of nitrogens with zero attached hydrogens (tertiary/aromatic N) is 1. The van der Waals surface area contributed by atoms with E-state index in [0.717, 1.165) is 28.9 Å². The van der Waals surface area contributed by atoms with Gasteiger partial charge in [0.1, 0.15) is 0 Å². The highest BCUT2D eigenvalue weighted by atomic mass is 32.1. The molecule has 4 heteroatoms. The van der Waals surface area contributed by atoms with Crippen molar-refractivity contribution in [1.29, 1.82) is 0 Å². The Hall–Kier alpha value is -2.46. The van der Waals surface area contributed by atoms with Crippen LogP contribution >= 0.6 is 12.2 Å². The lowest BCUT2D eigenvalue weighted by atomic mass is 9.88. The van der Waals surface area contributed by atoms with Gasteiger partial charge in [-0.1, -0.05) is 61.6 Å². The number of carbonyl (C=O) groups is 1. The Kier molecular flexibility index (Phi) is 3.50. The fourth-order valence-corrected chi connectivity index (χ4v) is 5.03. The van der Waals surface area contributed by atoms with Crippen molar-refractivity contribution in [2.24, 2.45) is 0 Å². The van der Waals surface area contributed by atoms with Gasteiger partial charge in [-0.25, -0.2) is 0 Å². The van der Waals surface area contributed by atoms with Gasteiger partial charge in [-0.05, 0) is 29.2 Å². The largest absolute Gasteiger partial charge is 0.357 e. The van der Waals surface area contributed by atoms with Gasteiger partial charge in [0.25, 0.3) is 0 Å². The zero-order valence-electron chi connectivity index (χ0n) is 14.7. The first kappa shape index (κ1) is 15.8. The van der Waals surface area contributed by atoms with Crippen molar-refractivity contribution in [2.75, 3.05) is 0 Å². The number of nitrogens with one attached hydrogen (secondary N) is 1. The number of carbonyl (C=O) groups excluding carboxylic acids is 1. The van der Waals surface area contributed by atoms with E-state index in [4.69, 9.17) is 12.2 Å². The molecule has 0 spiro atoms. The molecular formula is C22H20N2OS. The standard InChI is InChI=1S/C22H20N2OS/c1-2-13-7-3-4-8-14(13)20-21(25)19-11-16-15-9-5-6-10-17(15)23-18(16)12-24(19)22(20)26/h3-10,19-20,23H,2,11-12H2,1H3/t19-,20-/m0/s1. The molecule has 1 aromatic heterocycles. The smallest absolute Gasteiger partial charge is 0.169 e. The van der Waals surface area contributed by atoms with Crippen molar-refractivity contribution in [3.8, 4) is 0 Å². The number of Topliss-reactive ketones (excluding diaryl/α,β-unsaturated/α-hetero) is 1. The van der Waals surface area contributed by atoms with E-state index in [1.165, 1.54) is 22.2 Å². The number of ketones is 1. The van der Waals surface area contributed by atoms with Gasteiger partial charge in [-0.3, -0.25) is 4.79 Å². The summed E-state index contributed by atoms with van der Waals surface area (Å²) >= 11 is 5.81. The maximum atomic E-state index is 13.3. The second-order valence-corrected chi connectivity index (χ2v) is 7.62. The number of thiocarbonyl (C=S) groups is 1. The second-order valence-electron chi connectivity index (χ2n) is 7.20. The lowest BCUT2D eigenvalue weighted by Crippen LogP contribution is -2.39. The van der Waals surface area contributed by atoms with E-state index < -0.39 is 0 Å². The van der Waals surface area contributed by atoms with Crippen molar-refractivity contribution < 1.29 is 4.79 Å². The molecule has 3 nitrogen and oxygen atoms in total. The first-order chi connectivity index (χ1) is 12.7. The predicted octanol–water partition coefficient (Wildman–Crippen LogP) is 4.15. The van der Waals surface area contributed by atoms with E-state index in [1.807, 2.05) is 18.2 Å². The van der Waals surface area contributed by atoms with Crippen molar-refractivity contribution in [3.63, 3.8) is 0 Å². The SMILES string of the molecule is CCc1ccccc1[C@H]1C(=O)[C@@H]2Cc3c([nH]c4ccccc34)CN2C1=S. The van der Waals surface area contributed by atoms with Crippen LogP contribution in [-0.2, 0) is 24.2 Å². The van der Waals surface area contributed by atoms with Gasteiger partial charge in [-0.15, -0.1) is 0 Å². The van der Waals surface area contributed by atoms with Gasteiger partial charge in [0.05, 0.1) is 23.5 Å². The molecule has 130 valence electrons. The Morgan fingerprint density at radius 3 is 2.77 bits per heavy atom. The summed E-state index contributed by atoms with van der Waals surface area (Å²) < 4.78 is 0. The maximum absolute atomic E-state index is 13.3. The van der Waals surface area contributed by atoms with E-state index in [-0.39, 0.29) is 17.7 Å². The third-order valence-corrected chi connectivity index (χ3v) is 6.36. The number of para-hydroxylation sites is 1. The summed E-state index contributed by atoms with van der Waals surface area (Å²) in [5, 5.41) is 1.23. The lowest BCUT2D eigenvalue weighted by Gasteiger charge is -2.30. The Labute approximate surface area is 158 Å². The fraction of sp³-hybridized carbons (Fsp3) is 0.273. The topological polar surface area (TPSA) is 36.1 Å². The van der Waals surface area contributed by atoms with Crippen LogP contribution in [0.15, 0.2) is 48.5 Å². The van der Waals surface area contributed by atoms with E-state index in [2.05, 4.69) is 47.1 Å². The van der Waals surface area contributed by atoms with Crippen LogP contribution in [-0.4, -0.2) is 26.7 Å². The van der Waals surface area contributed by atoms with Gasteiger partial charge >= 0.3 is 0 Å². The molecule has 0 unspecified atom stereocenters. The number of aromatic nitrogens is 1. The van der Waals surface area contributed by atoms with Crippen molar-refractivity contribution >= 4 is 33.9 Å². The van der Waals surface area contributed by atoms with Gasteiger partial charge in [0, 0.05) is 23.0 Å². The summed E-state index contributed by atoms with van der Waals surface area (Å²) in [6.07, 6.45) is 1.65. The monoisotopic (exact) mass is 360 g/mol. The van der Waals surface area contributed by atoms with Crippen LogP contribution in [0.2, 0.25) is 0 Å². The fourth-order valence-electron chi connectivity index (χ4n) is 4.60. The molecule has 1 fully saturated rings. The van der Waals surface area contributed by atoms with E-state index in [1.54, 1.807) is 0 Å². The van der Waals surface area contributed by atoms with Crippen LogP contribution in [0, 0.1) is 0 Å². The number of fused-ring (bicyclic) bond motifs is 4. The van der Waals surface area contributed by atoms with Crippen molar-refractivity contribution in [1.82, 2.24) is 9.88 Å². The molecule has 0 bridgehead atoms. The first-order valence-corrected chi connectivity index (χ1v) is 9.60. The van der Waals surface area contributed by atoms with E-state index >= 15 is 0 Å². The summed E-state index contributed by atoms with van der Waals surface area (Å²) in [6.45, 7) is 2.83. The number of hydrogen-bond donors (Lipinski definition) is 1. The minimum absolute atomic E-state index is 0.135. The number of rotatable bonds is 2. The van der Waals surface area contributed by atoms with Crippen LogP contribution < -0.4 is 0 Å². The van der Waals surface area contributed by atoms with Gasteiger partial charge in [0.15, 0.2) is 5.78 Å². The molecule has 2 atom stereocenters. The molecule has 1 N–H and O–H groups in total. The molecule has 0 saturated carbocycles. The molecule has 2 aromatic carbocycles. The number of aryl methyl sites for hydroxylation is 1. The molecule has 0 aliphatic carbocycles. The predicted molar refractivity (Wildman–Crippen MR) is 107 cm³/mol. The second kappa shape index (κ2) is 5.78. The summed E-state index contributed by atoms with van der Waals surface area (Å²) in [4.78, 5) is 19.8. The average Bonchev–Trinajstić information content (AvgIpc) is 3.15. The molecule has 2 aliphatic rings. The molecule has 26 heavy (non-hydrogen) atoms. The first-order valence-electron chi connectivity index (χ1n) is 9.19. The average molecular weight is 360 g/mol. The summed E-state index contributed by atoms with van der Waals surface area (Å²) in [6, 6.07) is 16.4. The highest BCUT2D eigenvalue weighted by Crippen LogP contribution is 2.40. The molecule has 0 radical (unpaired) electrons. The van der Waals surface area contributed by atoms with E-state index in [9.17, 15) is 4.79 Å². The van der Waals surface area contributed by atoms with E-state index in [0.29, 0.717) is 6.54 Å². The molecule has 2 aliphatic heterocycles.